The van der Waals surface area contributed by atoms with Crippen LogP contribution in [0.3, 0.4) is 0 Å². The van der Waals surface area contributed by atoms with Crippen LogP contribution in [0.5, 0.6) is 5.75 Å². The first-order chi connectivity index (χ1) is 11.3. The van der Waals surface area contributed by atoms with E-state index in [0.29, 0.717) is 29.2 Å². The molecule has 6 heteroatoms. The van der Waals surface area contributed by atoms with E-state index in [2.05, 4.69) is 17.2 Å². The maximum Gasteiger partial charge on any atom is 0.418 e. The molecule has 0 aliphatic heterocycles. The highest BCUT2D eigenvalue weighted by molar-refractivity contribution is 5.77. The predicted octanol–water partition coefficient (Wildman–Crippen LogP) is 5.23. The Labute approximate surface area is 139 Å². The lowest BCUT2D eigenvalue weighted by Crippen LogP contribution is -2.11. The highest BCUT2D eigenvalue weighted by Gasteiger charge is 2.33. The molecule has 0 amide bonds. The molecular weight excluding hydrogens is 317 g/mol. The third kappa shape index (κ3) is 4.22. The molecule has 0 aromatic heterocycles. The van der Waals surface area contributed by atoms with Crippen LogP contribution in [-0.4, -0.2) is 13.7 Å². The Kier molecular flexibility index (Phi) is 5.39. The number of ether oxygens (including phenoxy) is 1. The fraction of sp³-hybridized carbons (Fsp3) is 0.222. The van der Waals surface area contributed by atoms with Crippen molar-refractivity contribution < 1.29 is 17.9 Å². The summed E-state index contributed by atoms with van der Waals surface area (Å²) in [5.41, 5.74) is 0.769. The zero-order valence-corrected chi connectivity index (χ0v) is 13.5. The molecule has 0 unspecified atom stereocenters. The Bertz CT molecular complexity index is 726. The van der Waals surface area contributed by atoms with Crippen LogP contribution < -0.4 is 15.4 Å². The Hall–Kier alpha value is -2.63. The molecule has 2 N–H and O–H groups in total. The van der Waals surface area contributed by atoms with Gasteiger partial charge in [0.05, 0.1) is 12.7 Å². The molecule has 0 bridgehead atoms. The molecule has 128 valence electrons. The first-order valence-corrected chi connectivity index (χ1v) is 7.40. The van der Waals surface area contributed by atoms with Gasteiger partial charge in [-0.3, -0.25) is 0 Å². The number of anilines is 2. The fourth-order valence-electron chi connectivity index (χ4n) is 2.26. The summed E-state index contributed by atoms with van der Waals surface area (Å²) < 4.78 is 44.8. The van der Waals surface area contributed by atoms with Crippen molar-refractivity contribution >= 4 is 17.1 Å². The Morgan fingerprint density at radius 1 is 1.17 bits per heavy atom. The monoisotopic (exact) mass is 336 g/mol. The number of rotatable bonds is 6. The summed E-state index contributed by atoms with van der Waals surface area (Å²) in [5.74, 6) is 0.645. The quantitative estimate of drug-likeness (QED) is 0.758. The van der Waals surface area contributed by atoms with Crippen molar-refractivity contribution in [3.8, 4) is 5.75 Å². The van der Waals surface area contributed by atoms with E-state index < -0.39 is 11.7 Å². The van der Waals surface area contributed by atoms with Gasteiger partial charge in [0.25, 0.3) is 0 Å². The molecule has 0 heterocycles. The number of alkyl halides is 3. The maximum atomic E-state index is 13.2. The van der Waals surface area contributed by atoms with Gasteiger partial charge in [0.15, 0.2) is 0 Å². The number of hydrogen-bond acceptors (Lipinski definition) is 3. The van der Waals surface area contributed by atoms with Gasteiger partial charge in [-0.25, -0.2) is 0 Å². The van der Waals surface area contributed by atoms with Crippen LogP contribution in [-0.2, 0) is 6.18 Å². The molecule has 0 radical (unpaired) electrons. The molecule has 0 spiro atoms. The molecule has 2 rings (SSSR count). The van der Waals surface area contributed by atoms with E-state index in [-0.39, 0.29) is 5.69 Å². The molecule has 3 nitrogen and oxygen atoms in total. The van der Waals surface area contributed by atoms with Gasteiger partial charge < -0.3 is 15.4 Å². The second kappa shape index (κ2) is 7.29. The third-order valence-electron chi connectivity index (χ3n) is 3.41. The summed E-state index contributed by atoms with van der Waals surface area (Å²) in [6.07, 6.45) is -4.44. The van der Waals surface area contributed by atoms with E-state index in [4.69, 9.17) is 4.74 Å². The van der Waals surface area contributed by atoms with Crippen LogP contribution in [0, 0.1) is 0 Å². The zero-order valence-electron chi connectivity index (χ0n) is 13.5. The number of nitrogens with one attached hydrogen (secondary N) is 2. The number of halogens is 3. The highest BCUT2D eigenvalue weighted by Crippen LogP contribution is 2.36. The lowest BCUT2D eigenvalue weighted by atomic mass is 10.1. The smallest absolute Gasteiger partial charge is 0.418 e. The summed E-state index contributed by atoms with van der Waals surface area (Å²) in [5, 5.41) is 5.73. The number of methoxy groups -OCH3 is 1. The van der Waals surface area contributed by atoms with E-state index in [1.165, 1.54) is 6.07 Å². The Morgan fingerprint density at radius 3 is 2.54 bits per heavy atom. The first kappa shape index (κ1) is 17.7. The molecule has 2 aromatic rings. The van der Waals surface area contributed by atoms with Crippen LogP contribution in [0.2, 0.25) is 0 Å². The number of hydrogen-bond donors (Lipinski definition) is 2. The summed E-state index contributed by atoms with van der Waals surface area (Å²) in [6, 6.07) is 11.2. The third-order valence-corrected chi connectivity index (χ3v) is 3.41. The van der Waals surface area contributed by atoms with Crippen molar-refractivity contribution in [2.24, 2.45) is 0 Å². The molecule has 0 saturated heterocycles. The molecule has 0 atom stereocenters. The predicted molar refractivity (Wildman–Crippen MR) is 91.3 cm³/mol. The van der Waals surface area contributed by atoms with E-state index in [1.54, 1.807) is 44.4 Å². The van der Waals surface area contributed by atoms with Crippen molar-refractivity contribution in [2.45, 2.75) is 13.1 Å². The summed E-state index contributed by atoms with van der Waals surface area (Å²) >= 11 is 0. The lowest BCUT2D eigenvalue weighted by molar-refractivity contribution is -0.137. The second-order valence-corrected chi connectivity index (χ2v) is 5.12. The standard InChI is InChI=1S/C18H19F3N2O/c1-4-22-17-9-8-13(10-16(17)18(19,20)21)12(2)23-14-6-5-7-15(11-14)24-3/h5-11,22-23H,2,4H2,1,3H3. The minimum absolute atomic E-state index is 0.0583. The van der Waals surface area contributed by atoms with Crippen LogP contribution >= 0.6 is 0 Å². The fourth-order valence-corrected chi connectivity index (χ4v) is 2.26. The molecular formula is C18H19F3N2O. The van der Waals surface area contributed by atoms with Gasteiger partial charge in [0.1, 0.15) is 5.75 Å². The average Bonchev–Trinajstić information content (AvgIpc) is 2.54. The first-order valence-electron chi connectivity index (χ1n) is 7.40. The van der Waals surface area contributed by atoms with Crippen LogP contribution in [0.25, 0.3) is 5.70 Å². The molecule has 2 aromatic carbocycles. The summed E-state index contributed by atoms with van der Waals surface area (Å²) in [7, 11) is 1.54. The van der Waals surface area contributed by atoms with Crippen LogP contribution in [0.4, 0.5) is 24.5 Å². The average molecular weight is 336 g/mol. The zero-order chi connectivity index (χ0) is 17.7. The van der Waals surface area contributed by atoms with Gasteiger partial charge in [-0.05, 0) is 36.8 Å². The van der Waals surface area contributed by atoms with E-state index in [0.717, 1.165) is 6.07 Å². The minimum Gasteiger partial charge on any atom is -0.497 e. The SMILES string of the molecule is C=C(Nc1cccc(OC)c1)c1ccc(NCC)c(C(F)(F)F)c1. The molecule has 0 aliphatic carbocycles. The van der Waals surface area contributed by atoms with E-state index in [1.807, 2.05) is 0 Å². The molecule has 0 saturated carbocycles. The van der Waals surface area contributed by atoms with Crippen molar-refractivity contribution in [2.75, 3.05) is 24.3 Å². The van der Waals surface area contributed by atoms with Gasteiger partial charge in [-0.2, -0.15) is 13.2 Å². The second-order valence-electron chi connectivity index (χ2n) is 5.12. The van der Waals surface area contributed by atoms with Gasteiger partial charge in [-0.15, -0.1) is 0 Å². The lowest BCUT2D eigenvalue weighted by Gasteiger charge is -2.17. The van der Waals surface area contributed by atoms with Gasteiger partial charge in [-0.1, -0.05) is 18.7 Å². The molecule has 0 fully saturated rings. The minimum atomic E-state index is -4.44. The van der Waals surface area contributed by atoms with Crippen LogP contribution in [0.1, 0.15) is 18.1 Å². The summed E-state index contributed by atoms with van der Waals surface area (Å²) in [6.45, 7) is 5.99. The van der Waals surface area contributed by atoms with E-state index >= 15 is 0 Å². The van der Waals surface area contributed by atoms with Crippen LogP contribution in [0.15, 0.2) is 49.0 Å². The van der Waals surface area contributed by atoms with Gasteiger partial charge in [0, 0.05) is 29.7 Å². The normalized spacial score (nSPS) is 11.0. The molecule has 24 heavy (non-hydrogen) atoms. The Balaban J connectivity index is 2.29. The Morgan fingerprint density at radius 2 is 1.92 bits per heavy atom. The van der Waals surface area contributed by atoms with E-state index in [9.17, 15) is 13.2 Å². The van der Waals surface area contributed by atoms with Crippen molar-refractivity contribution in [3.05, 3.63) is 60.2 Å². The number of benzene rings is 2. The molecule has 0 aliphatic rings. The maximum absolute atomic E-state index is 13.2. The van der Waals surface area contributed by atoms with Crippen molar-refractivity contribution in [1.29, 1.82) is 0 Å². The van der Waals surface area contributed by atoms with Gasteiger partial charge in [0.2, 0.25) is 0 Å². The highest BCUT2D eigenvalue weighted by atomic mass is 19.4. The van der Waals surface area contributed by atoms with Crippen molar-refractivity contribution in [1.82, 2.24) is 0 Å². The van der Waals surface area contributed by atoms with Crippen molar-refractivity contribution in [3.63, 3.8) is 0 Å². The summed E-state index contributed by atoms with van der Waals surface area (Å²) in [4.78, 5) is 0. The largest absolute Gasteiger partial charge is 0.497 e. The topological polar surface area (TPSA) is 33.3 Å². The van der Waals surface area contributed by atoms with Gasteiger partial charge >= 0.3 is 6.18 Å².